The average Bonchev–Trinajstić information content (AvgIpc) is 3.20. The van der Waals surface area contributed by atoms with Crippen LogP contribution in [0, 0.1) is 5.92 Å². The number of ether oxygens (including phenoxy) is 3. The third-order valence-electron chi connectivity index (χ3n) is 5.94. The van der Waals surface area contributed by atoms with Gasteiger partial charge in [-0.2, -0.15) is 0 Å². The molecule has 0 bridgehead atoms. The van der Waals surface area contributed by atoms with E-state index in [1.54, 1.807) is 55.7 Å². The lowest BCUT2D eigenvalue weighted by molar-refractivity contribution is -0.140. The van der Waals surface area contributed by atoms with E-state index >= 15 is 0 Å². The first-order valence-electron chi connectivity index (χ1n) is 11.8. The normalized spacial score (nSPS) is 15.4. The van der Waals surface area contributed by atoms with Crippen LogP contribution in [0.3, 0.4) is 0 Å². The zero-order valence-corrected chi connectivity index (χ0v) is 23.4. The Morgan fingerprint density at radius 1 is 1.16 bits per heavy atom. The maximum Gasteiger partial charge on any atom is 0.338 e. The second kappa shape index (κ2) is 11.4. The number of hydrogen-bond donors (Lipinski definition) is 0. The van der Waals surface area contributed by atoms with E-state index in [1.165, 1.54) is 11.3 Å². The molecule has 0 aliphatic carbocycles. The predicted molar refractivity (Wildman–Crippen MR) is 147 cm³/mol. The van der Waals surface area contributed by atoms with Gasteiger partial charge in [-0.25, -0.2) is 9.79 Å². The fourth-order valence-electron chi connectivity index (χ4n) is 4.10. The molecule has 1 unspecified atom stereocenters. The van der Waals surface area contributed by atoms with Gasteiger partial charge in [0.05, 0.1) is 42.7 Å². The van der Waals surface area contributed by atoms with E-state index in [0.717, 1.165) is 10.5 Å². The second-order valence-corrected chi connectivity index (χ2v) is 10.8. The van der Waals surface area contributed by atoms with E-state index in [9.17, 15) is 9.59 Å². The molecule has 4 rings (SSSR count). The number of thioether (sulfide) groups is 1. The number of rotatable bonds is 8. The number of hydrogen-bond acceptors (Lipinski definition) is 8. The van der Waals surface area contributed by atoms with Crippen LogP contribution in [0.25, 0.3) is 6.08 Å². The van der Waals surface area contributed by atoms with Crippen LogP contribution in [0.5, 0.6) is 11.5 Å². The number of carbonyl (C=O) groups is 1. The molecule has 3 aromatic rings. The third kappa shape index (κ3) is 5.52. The molecule has 2 aromatic carbocycles. The van der Waals surface area contributed by atoms with Crippen molar-refractivity contribution < 1.29 is 19.0 Å². The van der Waals surface area contributed by atoms with Gasteiger partial charge in [0.15, 0.2) is 4.80 Å². The average molecular weight is 539 g/mol. The number of thiazole rings is 1. The number of esters is 1. The number of benzene rings is 2. The van der Waals surface area contributed by atoms with Crippen LogP contribution in [0.15, 0.2) is 68.4 Å². The van der Waals surface area contributed by atoms with Crippen LogP contribution in [0.1, 0.15) is 37.9 Å². The molecule has 1 aromatic heterocycles. The Balaban J connectivity index is 1.92. The second-order valence-electron chi connectivity index (χ2n) is 8.96. The van der Waals surface area contributed by atoms with Gasteiger partial charge in [-0.1, -0.05) is 37.3 Å². The zero-order valence-electron chi connectivity index (χ0n) is 21.7. The van der Waals surface area contributed by atoms with Gasteiger partial charge in [0, 0.05) is 10.5 Å². The fourth-order valence-corrected chi connectivity index (χ4v) is 5.54. The Bertz CT molecular complexity index is 1520. The highest BCUT2D eigenvalue weighted by Crippen LogP contribution is 2.32. The highest BCUT2D eigenvalue weighted by Gasteiger charge is 2.33. The minimum absolute atomic E-state index is 0.183. The number of fused-ring (bicyclic) bond motifs is 1. The first-order chi connectivity index (χ1) is 17.8. The quantitative estimate of drug-likeness (QED) is 0.316. The summed E-state index contributed by atoms with van der Waals surface area (Å²) in [5.74, 6) is 0.989. The van der Waals surface area contributed by atoms with Crippen LogP contribution in [-0.2, 0) is 9.53 Å². The van der Waals surface area contributed by atoms with E-state index in [4.69, 9.17) is 14.2 Å². The minimum atomic E-state index is -0.652. The molecule has 7 nitrogen and oxygen atoms in total. The van der Waals surface area contributed by atoms with Crippen molar-refractivity contribution in [2.45, 2.75) is 31.7 Å². The van der Waals surface area contributed by atoms with Crippen LogP contribution in [-0.4, -0.2) is 37.6 Å². The van der Waals surface area contributed by atoms with Gasteiger partial charge in [-0.3, -0.25) is 9.36 Å². The highest BCUT2D eigenvalue weighted by molar-refractivity contribution is 7.98. The highest BCUT2D eigenvalue weighted by atomic mass is 32.2. The SMILES string of the molecule is COc1ccc(OC)c(C=c2sc3n(c2=O)C(c2ccc(SC)cc2)C(C(=O)OCC(C)C)=C(C)N=3)c1. The Labute approximate surface area is 224 Å². The molecular formula is C28H30N2O5S2. The molecule has 2 heterocycles. The first kappa shape index (κ1) is 26.8. The number of carbonyl (C=O) groups excluding carboxylic acids is 1. The maximum atomic E-state index is 13.9. The molecule has 0 radical (unpaired) electrons. The van der Waals surface area contributed by atoms with Crippen molar-refractivity contribution in [1.82, 2.24) is 4.57 Å². The number of methoxy groups -OCH3 is 2. The smallest absolute Gasteiger partial charge is 0.338 e. The minimum Gasteiger partial charge on any atom is -0.497 e. The zero-order chi connectivity index (χ0) is 26.7. The molecule has 0 N–H and O–H groups in total. The molecular weight excluding hydrogens is 508 g/mol. The van der Waals surface area contributed by atoms with Crippen molar-refractivity contribution in [1.29, 1.82) is 0 Å². The molecule has 0 amide bonds. The monoisotopic (exact) mass is 538 g/mol. The summed E-state index contributed by atoms with van der Waals surface area (Å²) in [6.45, 7) is 6.04. The molecule has 1 atom stereocenters. The Hall–Kier alpha value is -3.30. The molecule has 1 aliphatic rings. The van der Waals surface area contributed by atoms with Gasteiger partial charge in [0.1, 0.15) is 11.5 Å². The van der Waals surface area contributed by atoms with Crippen molar-refractivity contribution in [2.24, 2.45) is 10.9 Å². The Morgan fingerprint density at radius 2 is 1.89 bits per heavy atom. The van der Waals surface area contributed by atoms with Crippen LogP contribution >= 0.6 is 23.1 Å². The molecule has 37 heavy (non-hydrogen) atoms. The molecule has 1 aliphatic heterocycles. The summed E-state index contributed by atoms with van der Waals surface area (Å²) in [7, 11) is 3.17. The van der Waals surface area contributed by atoms with Crippen molar-refractivity contribution >= 4 is 35.1 Å². The number of aromatic nitrogens is 1. The fraction of sp³-hybridized carbons (Fsp3) is 0.321. The summed E-state index contributed by atoms with van der Waals surface area (Å²) in [5, 5.41) is 0. The van der Waals surface area contributed by atoms with E-state index in [-0.39, 0.29) is 18.1 Å². The lowest BCUT2D eigenvalue weighted by Gasteiger charge is -2.25. The topological polar surface area (TPSA) is 79.1 Å². The number of allylic oxidation sites excluding steroid dienone is 1. The van der Waals surface area contributed by atoms with Crippen LogP contribution in [0.2, 0.25) is 0 Å². The molecule has 9 heteroatoms. The van der Waals surface area contributed by atoms with Crippen molar-refractivity contribution in [3.05, 3.63) is 84.5 Å². The first-order valence-corrected chi connectivity index (χ1v) is 13.9. The summed E-state index contributed by atoms with van der Waals surface area (Å²) < 4.78 is 18.5. The molecule has 0 fully saturated rings. The van der Waals surface area contributed by atoms with E-state index in [2.05, 4.69) is 4.99 Å². The van der Waals surface area contributed by atoms with Gasteiger partial charge in [0.2, 0.25) is 0 Å². The van der Waals surface area contributed by atoms with Crippen molar-refractivity contribution in [3.63, 3.8) is 0 Å². The molecule has 0 spiro atoms. The van der Waals surface area contributed by atoms with Crippen molar-refractivity contribution in [3.8, 4) is 11.5 Å². The predicted octanol–water partition coefficient (Wildman–Crippen LogP) is 4.17. The van der Waals surface area contributed by atoms with E-state index in [1.807, 2.05) is 50.4 Å². The van der Waals surface area contributed by atoms with Gasteiger partial charge >= 0.3 is 5.97 Å². The Kier molecular flexibility index (Phi) is 8.24. The largest absolute Gasteiger partial charge is 0.497 e. The lowest BCUT2D eigenvalue weighted by atomic mass is 9.96. The Morgan fingerprint density at radius 3 is 2.51 bits per heavy atom. The standard InChI is InChI=1S/C28H30N2O5S2/c1-16(2)15-35-27(32)24-17(3)29-28-30(25(24)18-7-10-21(36-6)11-8-18)26(31)23(37-28)14-19-13-20(33-4)9-12-22(19)34-5/h7-14,16,25H,15H2,1-6H3. The van der Waals surface area contributed by atoms with Crippen molar-refractivity contribution in [2.75, 3.05) is 27.1 Å². The summed E-state index contributed by atoms with van der Waals surface area (Å²) in [6, 6.07) is 12.6. The summed E-state index contributed by atoms with van der Waals surface area (Å²) in [4.78, 5) is 33.4. The van der Waals surface area contributed by atoms with Gasteiger partial charge in [-0.05, 0) is 61.1 Å². The molecule has 0 saturated heterocycles. The number of nitrogens with zero attached hydrogens (tertiary/aromatic N) is 2. The van der Waals surface area contributed by atoms with Gasteiger partial charge in [0.25, 0.3) is 5.56 Å². The van der Waals surface area contributed by atoms with Gasteiger partial charge < -0.3 is 14.2 Å². The summed E-state index contributed by atoms with van der Waals surface area (Å²) in [5.41, 5.74) is 2.19. The van der Waals surface area contributed by atoms with Crippen LogP contribution in [0.4, 0.5) is 0 Å². The van der Waals surface area contributed by atoms with E-state index < -0.39 is 12.0 Å². The summed E-state index contributed by atoms with van der Waals surface area (Å²) in [6.07, 6.45) is 3.78. The lowest BCUT2D eigenvalue weighted by Crippen LogP contribution is -2.40. The third-order valence-corrected chi connectivity index (χ3v) is 7.67. The molecule has 0 saturated carbocycles. The molecule has 194 valence electrons. The maximum absolute atomic E-state index is 13.9. The van der Waals surface area contributed by atoms with Crippen LogP contribution < -0.4 is 24.4 Å². The van der Waals surface area contributed by atoms with E-state index in [0.29, 0.717) is 37.7 Å². The summed E-state index contributed by atoms with van der Waals surface area (Å²) >= 11 is 2.90. The van der Waals surface area contributed by atoms with Gasteiger partial charge in [-0.15, -0.1) is 11.8 Å².